The lowest BCUT2D eigenvalue weighted by Crippen LogP contribution is -2.57. The van der Waals surface area contributed by atoms with Crippen LogP contribution in [0.1, 0.15) is 54.8 Å². The van der Waals surface area contributed by atoms with Crippen LogP contribution in [0.3, 0.4) is 0 Å². The third kappa shape index (κ3) is 3.53. The highest BCUT2D eigenvalue weighted by molar-refractivity contribution is 5.99. The Bertz CT molecular complexity index is 900. The average Bonchev–Trinajstić information content (AvgIpc) is 2.96. The van der Waals surface area contributed by atoms with E-state index in [9.17, 15) is 19.8 Å². The molecule has 2 heterocycles. The zero-order valence-corrected chi connectivity index (χ0v) is 17.0. The Morgan fingerprint density at radius 2 is 2.04 bits per heavy atom. The van der Waals surface area contributed by atoms with Gasteiger partial charge in [0.1, 0.15) is 11.0 Å². The minimum absolute atomic E-state index is 0.00936. The van der Waals surface area contributed by atoms with Crippen molar-refractivity contribution < 1.29 is 24.2 Å². The number of carbonyl (C=O) groups excluding carboxylic acids is 1. The lowest BCUT2D eigenvalue weighted by molar-refractivity contribution is -0.163. The number of amides is 1. The van der Waals surface area contributed by atoms with E-state index in [1.165, 1.54) is 4.90 Å². The molecule has 0 saturated carbocycles. The van der Waals surface area contributed by atoms with E-state index in [1.54, 1.807) is 0 Å². The highest BCUT2D eigenvalue weighted by Crippen LogP contribution is 2.38. The number of likely N-dealkylation sites (tertiary alicyclic amines) is 1. The minimum Gasteiger partial charge on any atom is -0.481 e. The van der Waals surface area contributed by atoms with Crippen molar-refractivity contribution in [3.8, 4) is 0 Å². The summed E-state index contributed by atoms with van der Waals surface area (Å²) in [5.41, 5.74) is 1.12. The molecule has 6 nitrogen and oxygen atoms in total. The van der Waals surface area contributed by atoms with Gasteiger partial charge in [0.05, 0.1) is 6.10 Å². The fourth-order valence-corrected chi connectivity index (χ4v) is 4.04. The van der Waals surface area contributed by atoms with Gasteiger partial charge in [-0.2, -0.15) is 0 Å². The van der Waals surface area contributed by atoms with E-state index in [-0.39, 0.29) is 24.6 Å². The number of aliphatic carboxylic acids is 1. The second-order valence-electron chi connectivity index (χ2n) is 8.48. The summed E-state index contributed by atoms with van der Waals surface area (Å²) >= 11 is 0. The highest BCUT2D eigenvalue weighted by Gasteiger charge is 2.50. The Balaban J connectivity index is 1.92. The van der Waals surface area contributed by atoms with Crippen molar-refractivity contribution in [2.75, 3.05) is 13.1 Å². The SMILES string of the molecule is Cc1ccc2c(C)c(C(=O)N3CC[C@H](O)[C@](CCC(C)C)(C(=O)O)C3)oc2c1. The first kappa shape index (κ1) is 20.4. The van der Waals surface area contributed by atoms with Crippen molar-refractivity contribution in [2.24, 2.45) is 11.3 Å². The van der Waals surface area contributed by atoms with Crippen LogP contribution >= 0.6 is 0 Å². The second kappa shape index (κ2) is 7.59. The first-order valence-electron chi connectivity index (χ1n) is 9.86. The van der Waals surface area contributed by atoms with Crippen LogP contribution in [0, 0.1) is 25.2 Å². The van der Waals surface area contributed by atoms with Crippen LogP contribution in [0.4, 0.5) is 0 Å². The number of carbonyl (C=O) groups is 2. The van der Waals surface area contributed by atoms with Crippen molar-refractivity contribution in [3.63, 3.8) is 0 Å². The lowest BCUT2D eigenvalue weighted by Gasteiger charge is -2.43. The van der Waals surface area contributed by atoms with Gasteiger partial charge in [-0.1, -0.05) is 26.0 Å². The number of fused-ring (bicyclic) bond motifs is 1. The molecule has 0 radical (unpaired) electrons. The van der Waals surface area contributed by atoms with Gasteiger partial charge < -0.3 is 19.5 Å². The third-order valence-corrected chi connectivity index (χ3v) is 5.95. The van der Waals surface area contributed by atoms with Gasteiger partial charge >= 0.3 is 5.97 Å². The Kier molecular flexibility index (Phi) is 5.53. The van der Waals surface area contributed by atoms with E-state index in [4.69, 9.17) is 4.42 Å². The number of benzene rings is 1. The number of nitrogens with zero attached hydrogens (tertiary/aromatic N) is 1. The van der Waals surface area contributed by atoms with E-state index < -0.39 is 17.5 Å². The monoisotopic (exact) mass is 387 g/mol. The van der Waals surface area contributed by atoms with Crippen molar-refractivity contribution in [1.29, 1.82) is 0 Å². The number of hydrogen-bond acceptors (Lipinski definition) is 4. The molecule has 2 atom stereocenters. The maximum atomic E-state index is 13.2. The molecule has 1 aromatic carbocycles. The summed E-state index contributed by atoms with van der Waals surface area (Å²) in [7, 11) is 0. The van der Waals surface area contributed by atoms with E-state index in [2.05, 4.69) is 0 Å². The molecule has 2 N–H and O–H groups in total. The van der Waals surface area contributed by atoms with Gasteiger partial charge in [-0.25, -0.2) is 0 Å². The van der Waals surface area contributed by atoms with Crippen LogP contribution in [0.25, 0.3) is 11.0 Å². The minimum atomic E-state index is -1.34. The number of aliphatic hydroxyl groups is 1. The summed E-state index contributed by atoms with van der Waals surface area (Å²) in [5.74, 6) is -0.793. The summed E-state index contributed by atoms with van der Waals surface area (Å²) in [6.45, 7) is 8.15. The lowest BCUT2D eigenvalue weighted by atomic mass is 9.72. The predicted octanol–water partition coefficient (Wildman–Crippen LogP) is 3.76. The number of furan rings is 1. The van der Waals surface area contributed by atoms with Crippen molar-refractivity contribution in [2.45, 2.75) is 53.1 Å². The Labute approximate surface area is 165 Å². The molecule has 2 aromatic rings. The quantitative estimate of drug-likeness (QED) is 0.815. The number of carboxylic acid groups (broad SMARTS) is 1. The first-order valence-corrected chi connectivity index (χ1v) is 9.86. The zero-order chi connectivity index (χ0) is 20.6. The van der Waals surface area contributed by atoms with Crippen molar-refractivity contribution in [3.05, 3.63) is 35.1 Å². The molecule has 6 heteroatoms. The molecule has 3 rings (SSSR count). The number of carboxylic acids is 1. The number of rotatable bonds is 5. The maximum absolute atomic E-state index is 13.2. The van der Waals surface area contributed by atoms with E-state index >= 15 is 0 Å². The van der Waals surface area contributed by atoms with E-state index in [0.717, 1.165) is 16.5 Å². The maximum Gasteiger partial charge on any atom is 0.314 e. The van der Waals surface area contributed by atoms with Crippen molar-refractivity contribution >= 4 is 22.8 Å². The average molecular weight is 387 g/mol. The normalized spacial score (nSPS) is 22.8. The molecule has 1 aliphatic heterocycles. The van der Waals surface area contributed by atoms with E-state index in [1.807, 2.05) is 45.9 Å². The highest BCUT2D eigenvalue weighted by atomic mass is 16.4. The molecule has 0 bridgehead atoms. The Morgan fingerprint density at radius 1 is 1.32 bits per heavy atom. The molecule has 0 aliphatic carbocycles. The second-order valence-corrected chi connectivity index (χ2v) is 8.48. The van der Waals surface area contributed by atoms with Gasteiger partial charge in [0.2, 0.25) is 0 Å². The molecule has 28 heavy (non-hydrogen) atoms. The Morgan fingerprint density at radius 3 is 2.68 bits per heavy atom. The molecule has 1 saturated heterocycles. The summed E-state index contributed by atoms with van der Waals surface area (Å²) in [4.78, 5) is 26.8. The smallest absolute Gasteiger partial charge is 0.314 e. The summed E-state index contributed by atoms with van der Waals surface area (Å²) < 4.78 is 5.85. The van der Waals surface area contributed by atoms with Crippen LogP contribution in [-0.4, -0.2) is 46.2 Å². The molecular formula is C22H29NO5. The van der Waals surface area contributed by atoms with Crippen LogP contribution in [0.5, 0.6) is 0 Å². The first-order chi connectivity index (χ1) is 13.2. The molecule has 0 spiro atoms. The number of piperidine rings is 1. The summed E-state index contributed by atoms with van der Waals surface area (Å²) in [6.07, 6.45) is 0.291. The topological polar surface area (TPSA) is 91.0 Å². The molecule has 0 unspecified atom stereocenters. The van der Waals surface area contributed by atoms with Gasteiger partial charge in [0, 0.05) is 24.0 Å². The van der Waals surface area contributed by atoms with Crippen LogP contribution in [0.15, 0.2) is 22.6 Å². The van der Waals surface area contributed by atoms with Crippen LogP contribution < -0.4 is 0 Å². The van der Waals surface area contributed by atoms with Gasteiger partial charge in [0.15, 0.2) is 5.76 Å². The molecule has 152 valence electrons. The molecule has 1 fully saturated rings. The summed E-state index contributed by atoms with van der Waals surface area (Å²) in [5, 5.41) is 21.3. The van der Waals surface area contributed by atoms with Crippen LogP contribution in [0.2, 0.25) is 0 Å². The predicted molar refractivity (Wildman–Crippen MR) is 106 cm³/mol. The largest absolute Gasteiger partial charge is 0.481 e. The van der Waals surface area contributed by atoms with Crippen molar-refractivity contribution in [1.82, 2.24) is 4.90 Å². The third-order valence-electron chi connectivity index (χ3n) is 5.95. The number of hydrogen-bond donors (Lipinski definition) is 2. The van der Waals surface area contributed by atoms with Gasteiger partial charge in [-0.3, -0.25) is 9.59 Å². The van der Waals surface area contributed by atoms with Crippen LogP contribution in [-0.2, 0) is 4.79 Å². The summed E-state index contributed by atoms with van der Waals surface area (Å²) in [6, 6.07) is 5.80. The van der Waals surface area contributed by atoms with E-state index in [0.29, 0.717) is 30.9 Å². The fraction of sp³-hybridized carbons (Fsp3) is 0.545. The molecule has 1 amide bonds. The standard InChI is InChI=1S/C22H29NO5/c1-13(2)7-9-22(21(26)27)12-23(10-8-18(22)24)20(25)19-15(4)16-6-5-14(3)11-17(16)28-19/h5-6,11,13,18,24H,7-10,12H2,1-4H3,(H,26,27)/t18-,22+/m0/s1. The fourth-order valence-electron chi connectivity index (χ4n) is 4.04. The molecule has 1 aliphatic rings. The zero-order valence-electron chi connectivity index (χ0n) is 17.0. The number of aliphatic hydroxyl groups excluding tert-OH is 1. The van der Waals surface area contributed by atoms with Gasteiger partial charge in [-0.05, 0) is 50.7 Å². The number of aryl methyl sites for hydroxylation is 2. The van der Waals surface area contributed by atoms with Gasteiger partial charge in [-0.15, -0.1) is 0 Å². The Hall–Kier alpha value is -2.34. The van der Waals surface area contributed by atoms with Gasteiger partial charge in [0.25, 0.3) is 5.91 Å². The molecular weight excluding hydrogens is 358 g/mol. The molecule has 1 aromatic heterocycles.